The Bertz CT molecular complexity index is 1030. The molecule has 0 saturated heterocycles. The van der Waals surface area contributed by atoms with Crippen LogP contribution in [0.5, 0.6) is 0 Å². The minimum atomic E-state index is -0.539. The Hall–Kier alpha value is -2.66. The Balaban J connectivity index is 1.64. The van der Waals surface area contributed by atoms with Gasteiger partial charge < -0.3 is 4.74 Å². The van der Waals surface area contributed by atoms with E-state index in [9.17, 15) is 9.59 Å². The van der Waals surface area contributed by atoms with Crippen molar-refractivity contribution < 1.29 is 14.3 Å². The van der Waals surface area contributed by atoms with Crippen LogP contribution in [0, 0.1) is 5.92 Å². The largest absolute Gasteiger partial charge is 0.483 e. The van der Waals surface area contributed by atoms with E-state index in [0.29, 0.717) is 16.4 Å². The molecule has 3 atom stereocenters. The normalized spacial score (nSPS) is 25.8. The summed E-state index contributed by atoms with van der Waals surface area (Å²) in [6.07, 6.45) is 5.91. The van der Waals surface area contributed by atoms with Crippen molar-refractivity contribution in [3.05, 3.63) is 70.1 Å². The summed E-state index contributed by atoms with van der Waals surface area (Å²) in [5.41, 5.74) is 2.56. The van der Waals surface area contributed by atoms with E-state index in [1.165, 1.54) is 11.8 Å². The number of rotatable bonds is 3. The number of aromatic nitrogens is 1. The zero-order chi connectivity index (χ0) is 20.8. The molecule has 1 aromatic carbocycles. The minimum absolute atomic E-state index is 0.0512. The van der Waals surface area contributed by atoms with E-state index in [1.54, 1.807) is 17.0 Å². The molecule has 3 heterocycles. The Labute approximate surface area is 180 Å². The number of nitrogens with zero attached hydrogens (tertiary/aromatic N) is 2. The molecule has 2 aliphatic heterocycles. The van der Waals surface area contributed by atoms with Crippen molar-refractivity contribution >= 4 is 29.1 Å². The number of ether oxygens (including phenoxy) is 1. The van der Waals surface area contributed by atoms with Crippen LogP contribution in [-0.4, -0.2) is 22.8 Å². The molecule has 0 bridgehead atoms. The van der Waals surface area contributed by atoms with Crippen LogP contribution in [0.1, 0.15) is 49.8 Å². The fourth-order valence-corrected chi connectivity index (χ4v) is 4.95. The third-order valence-corrected chi connectivity index (χ3v) is 6.65. The second-order valence-corrected chi connectivity index (χ2v) is 8.60. The lowest BCUT2D eigenvalue weighted by molar-refractivity contribution is -0.131. The Morgan fingerprint density at radius 1 is 1.10 bits per heavy atom. The van der Waals surface area contributed by atoms with Gasteiger partial charge in [0.2, 0.25) is 0 Å². The molecule has 154 valence electrons. The van der Waals surface area contributed by atoms with Crippen molar-refractivity contribution in [3.8, 4) is 0 Å². The molecule has 5 rings (SSSR count). The summed E-state index contributed by atoms with van der Waals surface area (Å²) in [7, 11) is 0. The molecule has 0 radical (unpaired) electrons. The van der Waals surface area contributed by atoms with Gasteiger partial charge in [-0.15, -0.1) is 0 Å². The fourth-order valence-electron chi connectivity index (χ4n) is 4.84. The van der Waals surface area contributed by atoms with E-state index >= 15 is 0 Å². The predicted molar refractivity (Wildman–Crippen MR) is 114 cm³/mol. The number of fused-ring (bicyclic) bond motifs is 1. The maximum atomic E-state index is 13.6. The van der Waals surface area contributed by atoms with Gasteiger partial charge >= 0.3 is 0 Å². The van der Waals surface area contributed by atoms with E-state index in [2.05, 4.69) is 11.9 Å². The number of carbonyl (C=O) groups excluding carboxylic acids is 2. The van der Waals surface area contributed by atoms with Crippen molar-refractivity contribution in [2.45, 2.75) is 51.2 Å². The molecule has 1 amide bonds. The summed E-state index contributed by atoms with van der Waals surface area (Å²) >= 11 is 6.01. The molecule has 6 heteroatoms. The van der Waals surface area contributed by atoms with Gasteiger partial charge in [-0.1, -0.05) is 49.2 Å². The second-order valence-electron chi connectivity index (χ2n) is 8.16. The van der Waals surface area contributed by atoms with Crippen molar-refractivity contribution in [1.29, 1.82) is 0 Å². The summed E-state index contributed by atoms with van der Waals surface area (Å²) in [5, 5.41) is 0.491. The van der Waals surface area contributed by atoms with Crippen LogP contribution in [0.25, 0.3) is 0 Å². The molecule has 3 unspecified atom stereocenters. The van der Waals surface area contributed by atoms with E-state index in [-0.39, 0.29) is 29.5 Å². The first kappa shape index (κ1) is 19.3. The van der Waals surface area contributed by atoms with Crippen LogP contribution in [0.3, 0.4) is 0 Å². The van der Waals surface area contributed by atoms with E-state index in [0.717, 1.165) is 37.7 Å². The van der Waals surface area contributed by atoms with E-state index < -0.39 is 6.04 Å². The second kappa shape index (κ2) is 7.55. The SMILES string of the molecule is CCc1ccc(C2C3=C(OC4CCCCC4C3=O)C(=O)N2c2ccc(Cl)cn2)cc1. The highest BCUT2D eigenvalue weighted by molar-refractivity contribution is 6.30. The van der Waals surface area contributed by atoms with Crippen LogP contribution in [0.15, 0.2) is 53.9 Å². The molecule has 1 aromatic heterocycles. The summed E-state index contributed by atoms with van der Waals surface area (Å²) in [6, 6.07) is 11.0. The first-order valence-corrected chi connectivity index (χ1v) is 10.9. The quantitative estimate of drug-likeness (QED) is 0.713. The predicted octanol–water partition coefficient (Wildman–Crippen LogP) is 4.80. The summed E-state index contributed by atoms with van der Waals surface area (Å²) in [4.78, 5) is 33.0. The molecule has 1 fully saturated rings. The number of anilines is 1. The third-order valence-electron chi connectivity index (χ3n) is 6.43. The van der Waals surface area contributed by atoms with Gasteiger partial charge in [0.25, 0.3) is 5.91 Å². The first-order chi connectivity index (χ1) is 14.6. The van der Waals surface area contributed by atoms with Gasteiger partial charge in [0.05, 0.1) is 22.6 Å². The van der Waals surface area contributed by atoms with Gasteiger partial charge in [0.1, 0.15) is 11.9 Å². The van der Waals surface area contributed by atoms with E-state index in [1.807, 2.05) is 24.3 Å². The highest BCUT2D eigenvalue weighted by atomic mass is 35.5. The average Bonchev–Trinajstić information content (AvgIpc) is 3.07. The zero-order valence-electron chi connectivity index (χ0n) is 16.8. The smallest absolute Gasteiger partial charge is 0.295 e. The number of hydrogen-bond acceptors (Lipinski definition) is 4. The highest BCUT2D eigenvalue weighted by Crippen LogP contribution is 2.47. The van der Waals surface area contributed by atoms with Crippen molar-refractivity contribution in [2.75, 3.05) is 4.90 Å². The van der Waals surface area contributed by atoms with Crippen LogP contribution in [0.4, 0.5) is 5.82 Å². The molecule has 3 aliphatic rings. The maximum absolute atomic E-state index is 13.6. The lowest BCUT2D eigenvalue weighted by atomic mass is 9.77. The topological polar surface area (TPSA) is 59.5 Å². The first-order valence-electron chi connectivity index (χ1n) is 10.6. The maximum Gasteiger partial charge on any atom is 0.295 e. The van der Waals surface area contributed by atoms with Crippen molar-refractivity contribution in [1.82, 2.24) is 4.98 Å². The van der Waals surface area contributed by atoms with Crippen molar-refractivity contribution in [3.63, 3.8) is 0 Å². The number of hydrogen-bond donors (Lipinski definition) is 0. The molecular formula is C24H23ClN2O3. The Morgan fingerprint density at radius 2 is 1.87 bits per heavy atom. The number of Topliss-reactive ketones (excluding diaryl/α,β-unsaturated/α-hetero) is 1. The van der Waals surface area contributed by atoms with Gasteiger partial charge in [-0.3, -0.25) is 14.5 Å². The molecule has 0 spiro atoms. The molecular weight excluding hydrogens is 400 g/mol. The Morgan fingerprint density at radius 3 is 2.57 bits per heavy atom. The lowest BCUT2D eigenvalue weighted by Crippen LogP contribution is -2.39. The Kier molecular flexibility index (Phi) is 4.86. The van der Waals surface area contributed by atoms with Gasteiger partial charge in [-0.05, 0) is 48.9 Å². The van der Waals surface area contributed by atoms with Crippen LogP contribution < -0.4 is 4.90 Å². The summed E-state index contributed by atoms with van der Waals surface area (Å²) in [5.74, 6) is 0.241. The van der Waals surface area contributed by atoms with Crippen LogP contribution in [0.2, 0.25) is 5.02 Å². The molecule has 2 aromatic rings. The standard InChI is InChI=1S/C24H23ClN2O3/c1-2-14-7-9-15(10-8-14)21-20-22(28)17-5-3-4-6-18(17)30-23(20)24(29)27(21)19-12-11-16(25)13-26-19/h7-13,17-18,21H,2-6H2,1H3. The van der Waals surface area contributed by atoms with Crippen LogP contribution in [-0.2, 0) is 20.7 Å². The highest BCUT2D eigenvalue weighted by Gasteiger charge is 2.52. The average molecular weight is 423 g/mol. The molecule has 30 heavy (non-hydrogen) atoms. The summed E-state index contributed by atoms with van der Waals surface area (Å²) in [6.45, 7) is 2.10. The zero-order valence-corrected chi connectivity index (χ0v) is 17.6. The van der Waals surface area contributed by atoms with Gasteiger partial charge in [0, 0.05) is 6.20 Å². The number of amides is 1. The van der Waals surface area contributed by atoms with Gasteiger partial charge in [-0.2, -0.15) is 0 Å². The number of ketones is 1. The van der Waals surface area contributed by atoms with Crippen molar-refractivity contribution in [2.24, 2.45) is 5.92 Å². The number of aryl methyl sites for hydroxylation is 1. The minimum Gasteiger partial charge on any atom is -0.483 e. The number of halogens is 1. The molecule has 1 aliphatic carbocycles. The molecule has 1 saturated carbocycles. The van der Waals surface area contributed by atoms with Gasteiger partial charge in [0.15, 0.2) is 11.5 Å². The number of benzene rings is 1. The van der Waals surface area contributed by atoms with Crippen LogP contribution >= 0.6 is 11.6 Å². The van der Waals surface area contributed by atoms with Gasteiger partial charge in [-0.25, -0.2) is 4.98 Å². The summed E-state index contributed by atoms with van der Waals surface area (Å²) < 4.78 is 6.18. The number of pyridine rings is 1. The monoisotopic (exact) mass is 422 g/mol. The fraction of sp³-hybridized carbons (Fsp3) is 0.375. The molecule has 5 nitrogen and oxygen atoms in total. The number of carbonyl (C=O) groups is 2. The lowest BCUT2D eigenvalue weighted by Gasteiger charge is -2.35. The third kappa shape index (κ3) is 3.03. The molecule has 0 N–H and O–H groups in total. The van der Waals surface area contributed by atoms with E-state index in [4.69, 9.17) is 16.3 Å².